The number of hydrogen-bond acceptors (Lipinski definition) is 3. The monoisotopic (exact) mass is 263 g/mol. The lowest BCUT2D eigenvalue weighted by Gasteiger charge is -2.04. The summed E-state index contributed by atoms with van der Waals surface area (Å²) >= 11 is 3.25. The highest BCUT2D eigenvalue weighted by atomic mass is 79.9. The van der Waals surface area contributed by atoms with Crippen molar-refractivity contribution in [3.63, 3.8) is 0 Å². The van der Waals surface area contributed by atoms with Gasteiger partial charge < -0.3 is 5.11 Å². The van der Waals surface area contributed by atoms with Crippen molar-refractivity contribution in [3.05, 3.63) is 28.7 Å². The maximum atomic E-state index is 11.6. The van der Waals surface area contributed by atoms with E-state index in [0.717, 1.165) is 4.47 Å². The Labute approximate surface area is 85.9 Å². The molecule has 1 aromatic rings. The number of rotatable bonds is 3. The van der Waals surface area contributed by atoms with E-state index in [0.29, 0.717) is 4.90 Å². The zero-order chi connectivity index (χ0) is 9.90. The van der Waals surface area contributed by atoms with Gasteiger partial charge in [0.05, 0.1) is 22.1 Å². The standard InChI is InChI=1S/C8H10BrNO2S/c9-7-1-3-8(4-2-7)13(10,12)6-5-11/h1-4,10-11H,5-6H2. The van der Waals surface area contributed by atoms with Crippen LogP contribution in [0.2, 0.25) is 0 Å². The van der Waals surface area contributed by atoms with Crippen molar-refractivity contribution >= 4 is 25.7 Å². The smallest absolute Gasteiger partial charge is 0.0748 e. The normalized spacial score (nSPS) is 15.2. The first-order valence-electron chi connectivity index (χ1n) is 3.69. The molecule has 5 heteroatoms. The summed E-state index contributed by atoms with van der Waals surface area (Å²) in [5.41, 5.74) is 0. The highest BCUT2D eigenvalue weighted by Gasteiger charge is 2.08. The van der Waals surface area contributed by atoms with Crippen LogP contribution in [0.3, 0.4) is 0 Å². The molecule has 0 spiro atoms. The fraction of sp³-hybridized carbons (Fsp3) is 0.250. The Morgan fingerprint density at radius 2 is 1.92 bits per heavy atom. The lowest BCUT2D eigenvalue weighted by molar-refractivity contribution is 0.321. The van der Waals surface area contributed by atoms with Crippen molar-refractivity contribution in [2.24, 2.45) is 0 Å². The minimum atomic E-state index is -2.80. The summed E-state index contributed by atoms with van der Waals surface area (Å²) in [7, 11) is -2.80. The Balaban J connectivity index is 3.02. The lowest BCUT2D eigenvalue weighted by Crippen LogP contribution is -2.07. The third kappa shape index (κ3) is 2.79. The molecule has 0 fully saturated rings. The van der Waals surface area contributed by atoms with Gasteiger partial charge in [-0.1, -0.05) is 15.9 Å². The van der Waals surface area contributed by atoms with Crippen LogP contribution in [0.5, 0.6) is 0 Å². The summed E-state index contributed by atoms with van der Waals surface area (Å²) in [6, 6.07) is 6.74. The van der Waals surface area contributed by atoms with E-state index in [4.69, 9.17) is 9.89 Å². The number of aliphatic hydroxyl groups excluding tert-OH is 1. The van der Waals surface area contributed by atoms with Crippen molar-refractivity contribution < 1.29 is 9.32 Å². The van der Waals surface area contributed by atoms with E-state index in [2.05, 4.69) is 15.9 Å². The maximum absolute atomic E-state index is 11.6. The Morgan fingerprint density at radius 3 is 2.38 bits per heavy atom. The second-order valence-corrected chi connectivity index (χ2v) is 5.70. The third-order valence-corrected chi connectivity index (χ3v) is 3.89. The first kappa shape index (κ1) is 10.7. The SMILES string of the molecule is N=S(=O)(CCO)c1ccc(Br)cc1. The van der Waals surface area contributed by atoms with E-state index in [1.165, 1.54) is 0 Å². The van der Waals surface area contributed by atoms with Gasteiger partial charge >= 0.3 is 0 Å². The highest BCUT2D eigenvalue weighted by Crippen LogP contribution is 2.15. The minimum absolute atomic E-state index is 0.00533. The van der Waals surface area contributed by atoms with Crippen molar-refractivity contribution in [1.29, 1.82) is 4.78 Å². The average Bonchev–Trinajstić information content (AvgIpc) is 2.05. The maximum Gasteiger partial charge on any atom is 0.0748 e. The van der Waals surface area contributed by atoms with Crippen LogP contribution >= 0.6 is 15.9 Å². The van der Waals surface area contributed by atoms with Crippen molar-refractivity contribution in [1.82, 2.24) is 0 Å². The lowest BCUT2D eigenvalue weighted by atomic mass is 10.4. The predicted octanol–water partition coefficient (Wildman–Crippen LogP) is 1.85. The van der Waals surface area contributed by atoms with E-state index in [-0.39, 0.29) is 12.4 Å². The molecule has 0 saturated heterocycles. The third-order valence-electron chi connectivity index (χ3n) is 1.57. The van der Waals surface area contributed by atoms with E-state index in [1.54, 1.807) is 24.3 Å². The Hall–Kier alpha value is -0.390. The molecule has 3 nitrogen and oxygen atoms in total. The van der Waals surface area contributed by atoms with Gasteiger partial charge in [0.2, 0.25) is 0 Å². The first-order valence-corrected chi connectivity index (χ1v) is 6.21. The number of halogens is 1. The van der Waals surface area contributed by atoms with Gasteiger partial charge in [0.1, 0.15) is 0 Å². The Bertz CT molecular complexity index is 372. The molecule has 0 aromatic heterocycles. The van der Waals surface area contributed by atoms with Crippen molar-refractivity contribution in [2.45, 2.75) is 4.90 Å². The molecule has 1 unspecified atom stereocenters. The summed E-state index contributed by atoms with van der Waals surface area (Å²) < 4.78 is 20.0. The number of hydrogen-bond donors (Lipinski definition) is 2. The molecule has 72 valence electrons. The summed E-state index contributed by atoms with van der Waals surface area (Å²) in [5, 5.41) is 8.61. The first-order chi connectivity index (χ1) is 6.06. The molecular formula is C8H10BrNO2S. The van der Waals surface area contributed by atoms with Gasteiger partial charge in [-0.2, -0.15) is 0 Å². The summed E-state index contributed by atoms with van der Waals surface area (Å²) in [6.07, 6.45) is 0. The van der Waals surface area contributed by atoms with E-state index < -0.39 is 9.73 Å². The average molecular weight is 264 g/mol. The van der Waals surface area contributed by atoms with Gasteiger partial charge in [0, 0.05) is 9.37 Å². The molecule has 13 heavy (non-hydrogen) atoms. The zero-order valence-electron chi connectivity index (χ0n) is 6.87. The number of aliphatic hydroxyl groups is 1. The molecule has 1 atom stereocenters. The van der Waals surface area contributed by atoms with Crippen LogP contribution in [0.4, 0.5) is 0 Å². The number of benzene rings is 1. The molecule has 0 amide bonds. The fourth-order valence-corrected chi connectivity index (χ4v) is 2.23. The molecular weight excluding hydrogens is 254 g/mol. The molecule has 0 saturated carbocycles. The second kappa shape index (κ2) is 4.21. The van der Waals surface area contributed by atoms with Crippen LogP contribution in [-0.4, -0.2) is 21.7 Å². The van der Waals surface area contributed by atoms with E-state index >= 15 is 0 Å². The summed E-state index contributed by atoms with van der Waals surface area (Å²) in [4.78, 5) is 0.463. The van der Waals surface area contributed by atoms with Crippen LogP contribution < -0.4 is 0 Å². The molecule has 0 aliphatic carbocycles. The van der Waals surface area contributed by atoms with Crippen LogP contribution in [0, 0.1) is 4.78 Å². The fourth-order valence-electron chi connectivity index (χ4n) is 0.901. The quantitative estimate of drug-likeness (QED) is 0.875. The largest absolute Gasteiger partial charge is 0.395 e. The topological polar surface area (TPSA) is 61.2 Å². The van der Waals surface area contributed by atoms with Gasteiger partial charge in [-0.3, -0.25) is 0 Å². The Morgan fingerprint density at radius 1 is 1.38 bits per heavy atom. The zero-order valence-corrected chi connectivity index (χ0v) is 9.27. The number of nitrogens with one attached hydrogen (secondary N) is 1. The van der Waals surface area contributed by atoms with Gasteiger partial charge in [-0.25, -0.2) is 8.99 Å². The Kier molecular flexibility index (Phi) is 3.47. The van der Waals surface area contributed by atoms with Gasteiger partial charge in [0.25, 0.3) is 0 Å². The second-order valence-electron chi connectivity index (χ2n) is 2.56. The molecule has 1 aromatic carbocycles. The van der Waals surface area contributed by atoms with Crippen molar-refractivity contribution in [2.75, 3.05) is 12.4 Å². The molecule has 0 radical (unpaired) electrons. The van der Waals surface area contributed by atoms with Crippen LogP contribution in [-0.2, 0) is 9.73 Å². The van der Waals surface area contributed by atoms with E-state index in [1.807, 2.05) is 0 Å². The van der Waals surface area contributed by atoms with Crippen LogP contribution in [0.25, 0.3) is 0 Å². The molecule has 0 bridgehead atoms. The van der Waals surface area contributed by atoms with E-state index in [9.17, 15) is 4.21 Å². The molecule has 0 aliphatic heterocycles. The minimum Gasteiger partial charge on any atom is -0.395 e. The molecule has 1 rings (SSSR count). The predicted molar refractivity (Wildman–Crippen MR) is 55.2 cm³/mol. The van der Waals surface area contributed by atoms with Crippen LogP contribution in [0.15, 0.2) is 33.6 Å². The summed E-state index contributed by atoms with van der Waals surface area (Å²) in [6.45, 7) is -0.224. The summed E-state index contributed by atoms with van der Waals surface area (Å²) in [5.74, 6) is -0.00533. The van der Waals surface area contributed by atoms with Gasteiger partial charge in [-0.05, 0) is 24.3 Å². The van der Waals surface area contributed by atoms with Gasteiger partial charge in [-0.15, -0.1) is 0 Å². The molecule has 0 heterocycles. The van der Waals surface area contributed by atoms with Gasteiger partial charge in [0.15, 0.2) is 0 Å². The van der Waals surface area contributed by atoms with Crippen LogP contribution in [0.1, 0.15) is 0 Å². The van der Waals surface area contributed by atoms with Crippen molar-refractivity contribution in [3.8, 4) is 0 Å². The highest BCUT2D eigenvalue weighted by molar-refractivity contribution is 9.10. The molecule has 0 aliphatic rings. The molecule has 2 N–H and O–H groups in total.